The number of nitrogens with zero attached hydrogens (tertiary/aromatic N) is 5. The third kappa shape index (κ3) is 3.52. The van der Waals surface area contributed by atoms with Crippen molar-refractivity contribution in [2.24, 2.45) is 0 Å². The topological polar surface area (TPSA) is 44.1 Å². The van der Waals surface area contributed by atoms with E-state index in [1.807, 2.05) is 28.6 Å². The van der Waals surface area contributed by atoms with Crippen LogP contribution in [0.25, 0.3) is 11.0 Å². The van der Waals surface area contributed by atoms with Crippen molar-refractivity contribution < 1.29 is 4.79 Å². The third-order valence-electron chi connectivity index (χ3n) is 5.92. The molecule has 0 bridgehead atoms. The number of fused-ring (bicyclic) bond motifs is 2. The first kappa shape index (κ1) is 18.6. The average Bonchev–Trinajstić information content (AvgIpc) is 3.12. The van der Waals surface area contributed by atoms with Crippen LogP contribution in [0, 0.1) is 6.92 Å². The van der Waals surface area contributed by atoms with E-state index in [0.717, 1.165) is 60.6 Å². The van der Waals surface area contributed by atoms with Gasteiger partial charge in [-0.25, -0.2) is 4.98 Å². The Balaban J connectivity index is 1.37. The lowest BCUT2D eigenvalue weighted by Crippen LogP contribution is -2.46. The number of carbonyl (C=O) groups excluding carboxylic acids is 1. The van der Waals surface area contributed by atoms with Crippen molar-refractivity contribution >= 4 is 25.4 Å². The van der Waals surface area contributed by atoms with Crippen LogP contribution in [-0.2, 0) is 4.79 Å². The van der Waals surface area contributed by atoms with Gasteiger partial charge >= 0.3 is 0 Å². The van der Waals surface area contributed by atoms with Gasteiger partial charge in [0.2, 0.25) is 0 Å². The van der Waals surface area contributed by atoms with Crippen LogP contribution in [0.1, 0.15) is 18.2 Å². The highest BCUT2D eigenvalue weighted by molar-refractivity contribution is 7.51. The molecular formula is C22H26N5OP. The number of aromatic nitrogens is 2. The smallest absolute Gasteiger partial charge is 0.252 e. The van der Waals surface area contributed by atoms with E-state index in [1.165, 1.54) is 0 Å². The summed E-state index contributed by atoms with van der Waals surface area (Å²) in [6.07, 6.45) is 12.3. The third-order valence-corrected chi connectivity index (χ3v) is 7.43. The zero-order valence-corrected chi connectivity index (χ0v) is 17.9. The zero-order valence-electron chi connectivity index (χ0n) is 16.9. The Morgan fingerprint density at radius 3 is 2.86 bits per heavy atom. The fourth-order valence-corrected chi connectivity index (χ4v) is 5.60. The minimum Gasteiger partial charge on any atom is -0.368 e. The number of rotatable bonds is 3. The molecule has 1 fully saturated rings. The maximum atomic E-state index is 12.9. The van der Waals surface area contributed by atoms with Crippen LogP contribution in [0.2, 0.25) is 0 Å². The van der Waals surface area contributed by atoms with E-state index in [2.05, 4.69) is 52.2 Å². The Morgan fingerprint density at radius 1 is 1.24 bits per heavy atom. The minimum atomic E-state index is 0.0668. The van der Waals surface area contributed by atoms with E-state index in [4.69, 9.17) is 0 Å². The van der Waals surface area contributed by atoms with Crippen molar-refractivity contribution in [3.05, 3.63) is 65.9 Å². The number of piperazine rings is 1. The summed E-state index contributed by atoms with van der Waals surface area (Å²) >= 11 is 0. The second-order valence-electron chi connectivity index (χ2n) is 7.79. The van der Waals surface area contributed by atoms with Crippen LogP contribution in [0.3, 0.4) is 0 Å². The second kappa shape index (κ2) is 7.43. The highest BCUT2D eigenvalue weighted by atomic mass is 31.1. The number of allylic oxidation sites excluding steroid dienone is 1. The molecule has 5 rings (SSSR count). The molecule has 2 aromatic heterocycles. The number of likely N-dealkylation sites (N-methyl/N-ethyl adjacent to an activating group) is 1. The summed E-state index contributed by atoms with van der Waals surface area (Å²) in [4.78, 5) is 24.2. The summed E-state index contributed by atoms with van der Waals surface area (Å²) in [6, 6.07) is 4.16. The maximum Gasteiger partial charge on any atom is 0.252 e. The highest BCUT2D eigenvalue weighted by Crippen LogP contribution is 2.44. The summed E-state index contributed by atoms with van der Waals surface area (Å²) in [5, 5.41) is 1.11. The Kier molecular flexibility index (Phi) is 4.76. The van der Waals surface area contributed by atoms with E-state index in [-0.39, 0.29) is 11.7 Å². The van der Waals surface area contributed by atoms with Gasteiger partial charge < -0.3 is 19.1 Å². The van der Waals surface area contributed by atoms with Crippen molar-refractivity contribution in [3.8, 4) is 0 Å². The predicted molar refractivity (Wildman–Crippen MR) is 118 cm³/mol. The van der Waals surface area contributed by atoms with E-state index >= 15 is 0 Å². The van der Waals surface area contributed by atoms with Gasteiger partial charge in [0.1, 0.15) is 5.65 Å². The Morgan fingerprint density at radius 2 is 2.07 bits per heavy atom. The van der Waals surface area contributed by atoms with Crippen molar-refractivity contribution in [2.75, 3.05) is 32.7 Å². The lowest BCUT2D eigenvalue weighted by molar-refractivity contribution is -0.123. The maximum absolute atomic E-state index is 12.9. The summed E-state index contributed by atoms with van der Waals surface area (Å²) in [7, 11) is 0.529. The lowest BCUT2D eigenvalue weighted by atomic mass is 10.2. The van der Waals surface area contributed by atoms with Crippen LogP contribution in [0.5, 0.6) is 0 Å². The predicted octanol–water partition coefficient (Wildman–Crippen LogP) is 2.88. The standard InChI is InChI=1S/C22H26N5OP/c1-3-24-8-10-25(11-9-24)18-4-5-22-27(15-18)21(28)13-19(29-22)17-6-7-26-14-16(2)23-20(26)12-17/h4-7,12-15,22,29H,3,8-11H2,1-2H3. The van der Waals surface area contributed by atoms with Crippen LogP contribution in [-0.4, -0.2) is 68.5 Å². The fraction of sp³-hybridized carbons (Fsp3) is 0.364. The first-order valence-corrected chi connectivity index (χ1v) is 11.3. The van der Waals surface area contributed by atoms with Crippen LogP contribution >= 0.6 is 8.58 Å². The number of pyridine rings is 1. The number of amides is 1. The van der Waals surface area contributed by atoms with Crippen molar-refractivity contribution in [1.29, 1.82) is 0 Å². The molecule has 5 heterocycles. The molecule has 1 amide bonds. The first-order valence-electron chi connectivity index (χ1n) is 10.2. The minimum absolute atomic E-state index is 0.0668. The number of aryl methyl sites for hydroxylation is 1. The van der Waals surface area contributed by atoms with E-state index in [0.29, 0.717) is 8.58 Å². The van der Waals surface area contributed by atoms with Gasteiger partial charge in [-0.3, -0.25) is 4.79 Å². The van der Waals surface area contributed by atoms with Gasteiger partial charge in [0.05, 0.1) is 17.2 Å². The van der Waals surface area contributed by atoms with Crippen LogP contribution in [0.4, 0.5) is 0 Å². The molecule has 0 aliphatic carbocycles. The molecule has 29 heavy (non-hydrogen) atoms. The summed E-state index contributed by atoms with van der Waals surface area (Å²) in [6.45, 7) is 9.51. The molecule has 3 aliphatic heterocycles. The van der Waals surface area contributed by atoms with Gasteiger partial charge in [0, 0.05) is 50.8 Å². The molecule has 0 spiro atoms. The molecule has 0 N–H and O–H groups in total. The molecule has 0 aromatic carbocycles. The summed E-state index contributed by atoms with van der Waals surface area (Å²) in [5.41, 5.74) is 4.17. The van der Waals surface area contributed by atoms with Crippen molar-refractivity contribution in [3.63, 3.8) is 0 Å². The molecular weight excluding hydrogens is 381 g/mol. The van der Waals surface area contributed by atoms with Crippen molar-refractivity contribution in [2.45, 2.75) is 19.6 Å². The van der Waals surface area contributed by atoms with Gasteiger partial charge in [-0.1, -0.05) is 21.6 Å². The quantitative estimate of drug-likeness (QED) is 0.734. The van der Waals surface area contributed by atoms with E-state index in [9.17, 15) is 4.79 Å². The first-order chi connectivity index (χ1) is 14.1. The molecule has 2 unspecified atom stereocenters. The van der Waals surface area contributed by atoms with Gasteiger partial charge in [0.25, 0.3) is 5.91 Å². The molecule has 2 aromatic rings. The number of imidazole rings is 1. The monoisotopic (exact) mass is 407 g/mol. The molecule has 6 nitrogen and oxygen atoms in total. The molecule has 0 radical (unpaired) electrons. The van der Waals surface area contributed by atoms with Crippen LogP contribution < -0.4 is 0 Å². The molecule has 0 saturated carbocycles. The Hall–Kier alpha value is -2.43. The van der Waals surface area contributed by atoms with Gasteiger partial charge in [-0.05, 0) is 42.6 Å². The SMILES string of the molecule is CCN1CCN(C2=CN3C(=O)C=C(c4ccn5cc(C)nc5c4)PC3C=C2)CC1. The molecule has 2 atom stereocenters. The lowest BCUT2D eigenvalue weighted by Gasteiger charge is -2.40. The van der Waals surface area contributed by atoms with E-state index in [1.54, 1.807) is 6.08 Å². The summed E-state index contributed by atoms with van der Waals surface area (Å²) < 4.78 is 2.02. The van der Waals surface area contributed by atoms with Crippen LogP contribution in [0.15, 0.2) is 54.7 Å². The van der Waals surface area contributed by atoms with Gasteiger partial charge in [-0.15, -0.1) is 0 Å². The number of carbonyl (C=O) groups is 1. The molecule has 7 heteroatoms. The normalized spacial score (nSPS) is 23.5. The molecule has 150 valence electrons. The van der Waals surface area contributed by atoms with E-state index < -0.39 is 0 Å². The molecule has 3 aliphatic rings. The Labute approximate surface area is 173 Å². The Bertz CT molecular complexity index is 1040. The second-order valence-corrected chi connectivity index (χ2v) is 9.21. The summed E-state index contributed by atoms with van der Waals surface area (Å²) in [5.74, 6) is 0.179. The molecule has 1 saturated heterocycles. The highest BCUT2D eigenvalue weighted by Gasteiger charge is 2.30. The van der Waals surface area contributed by atoms with Gasteiger partial charge in [-0.2, -0.15) is 0 Å². The fourth-order valence-electron chi connectivity index (χ4n) is 4.22. The largest absolute Gasteiger partial charge is 0.368 e. The van der Waals surface area contributed by atoms with Crippen molar-refractivity contribution in [1.82, 2.24) is 24.1 Å². The average molecular weight is 407 g/mol. The number of hydrogen-bond acceptors (Lipinski definition) is 4. The van der Waals surface area contributed by atoms with Gasteiger partial charge in [0.15, 0.2) is 0 Å². The number of hydrogen-bond donors (Lipinski definition) is 0. The zero-order chi connectivity index (χ0) is 20.0.